The lowest BCUT2D eigenvalue weighted by Crippen LogP contribution is -2.39. The van der Waals surface area contributed by atoms with Crippen LogP contribution in [0.15, 0.2) is 57.5 Å². The quantitative estimate of drug-likeness (QED) is 0.572. The topological polar surface area (TPSA) is 68.5 Å². The fourth-order valence-corrected chi connectivity index (χ4v) is 3.78. The van der Waals surface area contributed by atoms with Gasteiger partial charge in [0.15, 0.2) is 5.82 Å². The van der Waals surface area contributed by atoms with Gasteiger partial charge in [-0.1, -0.05) is 39.3 Å². The summed E-state index contributed by atoms with van der Waals surface area (Å²) < 4.78 is 12.2. The van der Waals surface area contributed by atoms with E-state index >= 15 is 0 Å². The summed E-state index contributed by atoms with van der Waals surface area (Å²) in [6, 6.07) is 14.9. The van der Waals surface area contributed by atoms with Crippen molar-refractivity contribution in [3.05, 3.63) is 70.3 Å². The van der Waals surface area contributed by atoms with Crippen LogP contribution in [0.25, 0.3) is 0 Å². The number of likely N-dealkylation sites (tertiary alicyclic amines) is 1. The Bertz CT molecular complexity index is 988. The first-order valence-electron chi connectivity index (χ1n) is 9.22. The molecule has 1 aliphatic heterocycles. The van der Waals surface area contributed by atoms with Crippen LogP contribution in [-0.2, 0) is 0 Å². The van der Waals surface area contributed by atoms with E-state index in [2.05, 4.69) is 26.1 Å². The standard InChI is InChI=1S/C21H20BrN3O3/c1-14-23-20(28-24-14)15-6-5-11-25(13-15)21(26)18-9-2-3-10-19(18)27-17-8-4-7-16(22)12-17/h2-4,7-10,12,15H,5-6,11,13H2,1H3/t15-/m0/s1. The largest absolute Gasteiger partial charge is 0.456 e. The first-order valence-corrected chi connectivity index (χ1v) is 10.0. The Kier molecular flexibility index (Phi) is 5.43. The summed E-state index contributed by atoms with van der Waals surface area (Å²) in [5.74, 6) is 2.46. The molecule has 3 aromatic rings. The third-order valence-corrected chi connectivity index (χ3v) is 5.24. The number of piperidine rings is 1. The zero-order chi connectivity index (χ0) is 19.5. The van der Waals surface area contributed by atoms with E-state index in [1.165, 1.54) is 0 Å². The second-order valence-electron chi connectivity index (χ2n) is 6.83. The summed E-state index contributed by atoms with van der Waals surface area (Å²) >= 11 is 3.44. The van der Waals surface area contributed by atoms with Gasteiger partial charge in [-0.2, -0.15) is 4.98 Å². The molecule has 28 heavy (non-hydrogen) atoms. The van der Waals surface area contributed by atoms with Gasteiger partial charge >= 0.3 is 0 Å². The molecule has 2 heterocycles. The number of amides is 1. The molecule has 4 rings (SSSR count). The van der Waals surface area contributed by atoms with Crippen molar-refractivity contribution in [2.45, 2.75) is 25.7 Å². The van der Waals surface area contributed by atoms with Crippen molar-refractivity contribution < 1.29 is 14.1 Å². The van der Waals surface area contributed by atoms with Gasteiger partial charge in [-0.15, -0.1) is 0 Å². The van der Waals surface area contributed by atoms with E-state index in [4.69, 9.17) is 9.26 Å². The average molecular weight is 442 g/mol. The molecule has 0 bridgehead atoms. The number of carbonyl (C=O) groups is 1. The molecule has 2 aromatic carbocycles. The second kappa shape index (κ2) is 8.14. The number of halogens is 1. The summed E-state index contributed by atoms with van der Waals surface area (Å²) in [5.41, 5.74) is 0.546. The normalized spacial score (nSPS) is 16.8. The Hall–Kier alpha value is -2.67. The molecule has 6 nitrogen and oxygen atoms in total. The molecule has 1 fully saturated rings. The number of hydrogen-bond acceptors (Lipinski definition) is 5. The number of rotatable bonds is 4. The number of para-hydroxylation sites is 1. The van der Waals surface area contributed by atoms with E-state index in [9.17, 15) is 4.79 Å². The minimum atomic E-state index is -0.0495. The summed E-state index contributed by atoms with van der Waals surface area (Å²) in [6.45, 7) is 3.06. The Morgan fingerprint density at radius 3 is 2.89 bits per heavy atom. The SMILES string of the molecule is Cc1noc([C@H]2CCCN(C(=O)c3ccccc3Oc3cccc(Br)c3)C2)n1. The molecular weight excluding hydrogens is 422 g/mol. The van der Waals surface area contributed by atoms with Crippen LogP contribution < -0.4 is 4.74 Å². The molecule has 1 atom stereocenters. The molecule has 0 radical (unpaired) electrons. The van der Waals surface area contributed by atoms with Crippen LogP contribution in [-0.4, -0.2) is 34.0 Å². The van der Waals surface area contributed by atoms with Crippen molar-refractivity contribution in [2.75, 3.05) is 13.1 Å². The third-order valence-electron chi connectivity index (χ3n) is 4.74. The number of hydrogen-bond donors (Lipinski definition) is 0. The van der Waals surface area contributed by atoms with Crippen LogP contribution in [0, 0.1) is 6.92 Å². The van der Waals surface area contributed by atoms with Crippen molar-refractivity contribution in [1.29, 1.82) is 0 Å². The van der Waals surface area contributed by atoms with E-state index in [1.54, 1.807) is 13.0 Å². The average Bonchev–Trinajstić information content (AvgIpc) is 3.14. The van der Waals surface area contributed by atoms with E-state index < -0.39 is 0 Å². The number of benzene rings is 2. The minimum absolute atomic E-state index is 0.0495. The van der Waals surface area contributed by atoms with Gasteiger partial charge in [0.2, 0.25) is 5.89 Å². The smallest absolute Gasteiger partial charge is 0.257 e. The van der Waals surface area contributed by atoms with Crippen molar-refractivity contribution in [2.24, 2.45) is 0 Å². The number of carbonyl (C=O) groups excluding carboxylic acids is 1. The first-order chi connectivity index (χ1) is 13.6. The highest BCUT2D eigenvalue weighted by Crippen LogP contribution is 2.31. The first kappa shape index (κ1) is 18.7. The highest BCUT2D eigenvalue weighted by atomic mass is 79.9. The zero-order valence-corrected chi connectivity index (χ0v) is 17.1. The molecule has 1 aromatic heterocycles. The summed E-state index contributed by atoms with van der Waals surface area (Å²) in [6.07, 6.45) is 1.83. The lowest BCUT2D eigenvalue weighted by molar-refractivity contribution is 0.0693. The van der Waals surface area contributed by atoms with Crippen LogP contribution in [0.4, 0.5) is 0 Å². The van der Waals surface area contributed by atoms with Gasteiger partial charge in [-0.05, 0) is 50.1 Å². The van der Waals surface area contributed by atoms with Gasteiger partial charge < -0.3 is 14.2 Å². The van der Waals surface area contributed by atoms with E-state index in [0.717, 1.165) is 17.3 Å². The number of ether oxygens (including phenoxy) is 1. The lowest BCUT2D eigenvalue weighted by Gasteiger charge is -2.31. The van der Waals surface area contributed by atoms with E-state index in [-0.39, 0.29) is 11.8 Å². The molecule has 1 amide bonds. The van der Waals surface area contributed by atoms with Crippen molar-refractivity contribution in [1.82, 2.24) is 15.0 Å². The summed E-state index contributed by atoms with van der Waals surface area (Å²) in [7, 11) is 0. The van der Waals surface area contributed by atoms with Crippen molar-refractivity contribution in [3.63, 3.8) is 0 Å². The van der Waals surface area contributed by atoms with Crippen LogP contribution in [0.1, 0.15) is 40.8 Å². The van der Waals surface area contributed by atoms with Gasteiger partial charge in [0.1, 0.15) is 11.5 Å². The predicted molar refractivity (Wildman–Crippen MR) is 108 cm³/mol. The maximum absolute atomic E-state index is 13.2. The maximum atomic E-state index is 13.2. The van der Waals surface area contributed by atoms with E-state index in [0.29, 0.717) is 41.9 Å². The molecule has 0 spiro atoms. The Balaban J connectivity index is 1.54. The van der Waals surface area contributed by atoms with E-state index in [1.807, 2.05) is 47.4 Å². The van der Waals surface area contributed by atoms with Gasteiger partial charge in [0.25, 0.3) is 5.91 Å². The monoisotopic (exact) mass is 441 g/mol. The molecule has 144 valence electrons. The number of aromatic nitrogens is 2. The van der Waals surface area contributed by atoms with Crippen molar-refractivity contribution in [3.8, 4) is 11.5 Å². The molecule has 0 N–H and O–H groups in total. The minimum Gasteiger partial charge on any atom is -0.456 e. The third kappa shape index (κ3) is 4.09. The predicted octanol–water partition coefficient (Wildman–Crippen LogP) is 4.95. The highest BCUT2D eigenvalue weighted by molar-refractivity contribution is 9.10. The van der Waals surface area contributed by atoms with Gasteiger partial charge in [-0.25, -0.2) is 0 Å². The highest BCUT2D eigenvalue weighted by Gasteiger charge is 2.30. The second-order valence-corrected chi connectivity index (χ2v) is 7.74. The van der Waals surface area contributed by atoms with Crippen LogP contribution in [0.5, 0.6) is 11.5 Å². The maximum Gasteiger partial charge on any atom is 0.257 e. The number of aryl methyl sites for hydroxylation is 1. The number of nitrogens with zero attached hydrogens (tertiary/aromatic N) is 3. The van der Waals surface area contributed by atoms with Gasteiger partial charge in [-0.3, -0.25) is 4.79 Å². The van der Waals surface area contributed by atoms with Crippen LogP contribution in [0.3, 0.4) is 0 Å². The molecule has 7 heteroatoms. The Morgan fingerprint density at radius 1 is 1.25 bits per heavy atom. The van der Waals surface area contributed by atoms with Gasteiger partial charge in [0, 0.05) is 17.6 Å². The zero-order valence-electron chi connectivity index (χ0n) is 15.5. The fourth-order valence-electron chi connectivity index (χ4n) is 3.40. The fraction of sp³-hybridized carbons (Fsp3) is 0.286. The molecule has 1 saturated heterocycles. The molecule has 0 saturated carbocycles. The molecular formula is C21H20BrN3O3. The van der Waals surface area contributed by atoms with Gasteiger partial charge in [0.05, 0.1) is 11.5 Å². The summed E-state index contributed by atoms with van der Waals surface area (Å²) in [5, 5.41) is 3.87. The van der Waals surface area contributed by atoms with Crippen LogP contribution >= 0.6 is 15.9 Å². The molecule has 0 unspecified atom stereocenters. The lowest BCUT2D eigenvalue weighted by atomic mass is 9.97. The summed E-state index contributed by atoms with van der Waals surface area (Å²) in [4.78, 5) is 19.4. The van der Waals surface area contributed by atoms with Crippen LogP contribution in [0.2, 0.25) is 0 Å². The van der Waals surface area contributed by atoms with Crippen molar-refractivity contribution >= 4 is 21.8 Å². The Morgan fingerprint density at radius 2 is 2.11 bits per heavy atom. The molecule has 0 aliphatic carbocycles. The Labute approximate surface area is 171 Å². The molecule has 1 aliphatic rings.